The quantitative estimate of drug-likeness (QED) is 0.0265. The van der Waals surface area contributed by atoms with E-state index in [1.807, 2.05) is 0 Å². The summed E-state index contributed by atoms with van der Waals surface area (Å²) in [5.41, 5.74) is 0. The van der Waals surface area contributed by atoms with Crippen molar-refractivity contribution in [3.63, 3.8) is 0 Å². The predicted octanol–water partition coefficient (Wildman–Crippen LogP) is 15.6. The monoisotopic (exact) mass is 789 g/mol. The number of rotatable bonds is 44. The van der Waals surface area contributed by atoms with Gasteiger partial charge in [-0.05, 0) is 70.6 Å². The predicted molar refractivity (Wildman–Crippen MR) is 238 cm³/mol. The Hall–Kier alpha value is -2.11. The molecule has 0 heterocycles. The maximum Gasteiger partial charge on any atom is 0.306 e. The third-order valence-electron chi connectivity index (χ3n) is 10.7. The summed E-state index contributed by atoms with van der Waals surface area (Å²) in [4.78, 5) is 37.6. The van der Waals surface area contributed by atoms with Crippen LogP contribution in [0.5, 0.6) is 0 Å². The number of carbonyl (C=O) groups is 3. The molecule has 6 nitrogen and oxygen atoms in total. The summed E-state index contributed by atoms with van der Waals surface area (Å²) in [6.07, 6.45) is 50.4. The Bertz CT molecular complexity index is 911. The summed E-state index contributed by atoms with van der Waals surface area (Å²) >= 11 is 0. The number of carbonyl (C=O) groups excluding carboxylic acids is 3. The standard InChI is InChI=1S/C50H92O6/c1-4-7-10-13-16-18-20-22-24-25-27-28-30-32-34-37-40-43-49(52)55-46-47(45-54-48(51)42-39-36-15-12-9-6-3)56-50(53)44-41-38-35-33-31-29-26-23-21-19-17-14-11-8-5-2/h22-24,26,47H,4-21,25,27-46H2,1-3H3/b24-22-,26-23-. The molecular weight excluding hydrogens is 697 g/mol. The molecular formula is C50H92O6. The van der Waals surface area contributed by atoms with E-state index >= 15 is 0 Å². The van der Waals surface area contributed by atoms with E-state index in [2.05, 4.69) is 45.1 Å². The number of hydrogen-bond donors (Lipinski definition) is 0. The SMILES string of the molecule is CCCCCCCC/C=C\CCCCCCCCCC(=O)OCC(COC(=O)CCCCCCCC)OC(=O)CCCCCCC/C=C\CCCCCCCC. The van der Waals surface area contributed by atoms with E-state index in [0.29, 0.717) is 19.3 Å². The molecule has 0 amide bonds. The summed E-state index contributed by atoms with van der Waals surface area (Å²) < 4.78 is 16.7. The van der Waals surface area contributed by atoms with Crippen molar-refractivity contribution in [2.24, 2.45) is 0 Å². The van der Waals surface area contributed by atoms with E-state index in [1.54, 1.807) is 0 Å². The van der Waals surface area contributed by atoms with Crippen LogP contribution in [0.2, 0.25) is 0 Å². The first-order chi connectivity index (χ1) is 27.5. The molecule has 0 aliphatic carbocycles. The van der Waals surface area contributed by atoms with Crippen LogP contribution in [-0.2, 0) is 28.6 Å². The lowest BCUT2D eigenvalue weighted by atomic mass is 10.1. The molecule has 328 valence electrons. The number of esters is 3. The topological polar surface area (TPSA) is 78.9 Å². The normalized spacial score (nSPS) is 12.1. The minimum absolute atomic E-state index is 0.0744. The highest BCUT2D eigenvalue weighted by Crippen LogP contribution is 2.14. The second-order valence-electron chi connectivity index (χ2n) is 16.4. The lowest BCUT2D eigenvalue weighted by molar-refractivity contribution is -0.167. The average Bonchev–Trinajstić information content (AvgIpc) is 3.19. The van der Waals surface area contributed by atoms with Gasteiger partial charge in [-0.25, -0.2) is 0 Å². The Labute approximate surface area is 347 Å². The zero-order valence-electron chi connectivity index (χ0n) is 37.4. The van der Waals surface area contributed by atoms with E-state index < -0.39 is 6.10 Å². The minimum atomic E-state index is -0.770. The summed E-state index contributed by atoms with van der Waals surface area (Å²) in [6.45, 7) is 6.57. The van der Waals surface area contributed by atoms with Crippen molar-refractivity contribution in [2.45, 2.75) is 264 Å². The molecule has 0 N–H and O–H groups in total. The summed E-state index contributed by atoms with van der Waals surface area (Å²) in [6, 6.07) is 0. The molecule has 1 unspecified atom stereocenters. The second kappa shape index (κ2) is 45.6. The summed E-state index contributed by atoms with van der Waals surface area (Å²) in [7, 11) is 0. The lowest BCUT2D eigenvalue weighted by Gasteiger charge is -2.18. The number of hydrogen-bond acceptors (Lipinski definition) is 6. The van der Waals surface area contributed by atoms with Crippen molar-refractivity contribution in [2.75, 3.05) is 13.2 Å². The molecule has 0 bridgehead atoms. The van der Waals surface area contributed by atoms with Gasteiger partial charge in [0.2, 0.25) is 0 Å². The van der Waals surface area contributed by atoms with E-state index in [9.17, 15) is 14.4 Å². The fourth-order valence-electron chi connectivity index (χ4n) is 6.96. The van der Waals surface area contributed by atoms with Crippen molar-refractivity contribution < 1.29 is 28.6 Å². The van der Waals surface area contributed by atoms with Crippen molar-refractivity contribution in [1.29, 1.82) is 0 Å². The Morgan fingerprint density at radius 2 is 0.589 bits per heavy atom. The zero-order valence-corrected chi connectivity index (χ0v) is 37.4. The van der Waals surface area contributed by atoms with Crippen molar-refractivity contribution in [3.05, 3.63) is 24.3 Å². The van der Waals surface area contributed by atoms with Gasteiger partial charge in [-0.2, -0.15) is 0 Å². The molecule has 0 fully saturated rings. The highest BCUT2D eigenvalue weighted by atomic mass is 16.6. The Morgan fingerprint density at radius 1 is 0.339 bits per heavy atom. The van der Waals surface area contributed by atoms with Crippen molar-refractivity contribution in [1.82, 2.24) is 0 Å². The third kappa shape index (κ3) is 43.0. The molecule has 0 aliphatic rings. The Kier molecular flexibility index (Phi) is 43.9. The van der Waals surface area contributed by atoms with E-state index in [4.69, 9.17) is 14.2 Å². The van der Waals surface area contributed by atoms with Crippen LogP contribution in [0, 0.1) is 0 Å². The fourth-order valence-corrected chi connectivity index (χ4v) is 6.96. The molecule has 0 rings (SSSR count). The Morgan fingerprint density at radius 3 is 0.893 bits per heavy atom. The van der Waals surface area contributed by atoms with Crippen LogP contribution in [0.25, 0.3) is 0 Å². The largest absolute Gasteiger partial charge is 0.462 e. The first-order valence-electron chi connectivity index (χ1n) is 24.3. The van der Waals surface area contributed by atoms with Gasteiger partial charge >= 0.3 is 17.9 Å². The molecule has 0 saturated carbocycles. The number of allylic oxidation sites excluding steroid dienone is 4. The first-order valence-corrected chi connectivity index (χ1v) is 24.3. The van der Waals surface area contributed by atoms with Gasteiger partial charge in [0.1, 0.15) is 13.2 Å². The van der Waals surface area contributed by atoms with Crippen LogP contribution in [0.4, 0.5) is 0 Å². The zero-order chi connectivity index (χ0) is 40.8. The van der Waals surface area contributed by atoms with E-state index in [0.717, 1.165) is 64.2 Å². The van der Waals surface area contributed by atoms with Gasteiger partial charge < -0.3 is 14.2 Å². The van der Waals surface area contributed by atoms with E-state index in [1.165, 1.54) is 154 Å². The Balaban J connectivity index is 4.23. The minimum Gasteiger partial charge on any atom is -0.462 e. The maximum absolute atomic E-state index is 12.7. The highest BCUT2D eigenvalue weighted by molar-refractivity contribution is 5.71. The van der Waals surface area contributed by atoms with E-state index in [-0.39, 0.29) is 31.1 Å². The lowest BCUT2D eigenvalue weighted by Crippen LogP contribution is -2.30. The van der Waals surface area contributed by atoms with Crippen molar-refractivity contribution >= 4 is 17.9 Å². The van der Waals surface area contributed by atoms with Gasteiger partial charge in [-0.15, -0.1) is 0 Å². The fraction of sp³-hybridized carbons (Fsp3) is 0.860. The summed E-state index contributed by atoms with van der Waals surface area (Å²) in [5, 5.41) is 0. The van der Waals surface area contributed by atoms with Crippen LogP contribution < -0.4 is 0 Å². The molecule has 0 aromatic heterocycles. The van der Waals surface area contributed by atoms with Gasteiger partial charge in [0, 0.05) is 19.3 Å². The van der Waals surface area contributed by atoms with Gasteiger partial charge in [-0.1, -0.05) is 193 Å². The van der Waals surface area contributed by atoms with Crippen LogP contribution in [0.3, 0.4) is 0 Å². The van der Waals surface area contributed by atoms with Crippen LogP contribution >= 0.6 is 0 Å². The molecule has 1 atom stereocenters. The highest BCUT2D eigenvalue weighted by Gasteiger charge is 2.19. The smallest absolute Gasteiger partial charge is 0.306 e. The molecule has 0 aliphatic heterocycles. The molecule has 0 radical (unpaired) electrons. The molecule has 0 aromatic carbocycles. The summed E-state index contributed by atoms with van der Waals surface area (Å²) in [5.74, 6) is -0.889. The molecule has 0 saturated heterocycles. The molecule has 56 heavy (non-hydrogen) atoms. The van der Waals surface area contributed by atoms with Gasteiger partial charge in [0.25, 0.3) is 0 Å². The first kappa shape index (κ1) is 53.9. The van der Waals surface area contributed by atoms with Gasteiger partial charge in [-0.3, -0.25) is 14.4 Å². The van der Waals surface area contributed by atoms with Crippen molar-refractivity contribution in [3.8, 4) is 0 Å². The third-order valence-corrected chi connectivity index (χ3v) is 10.7. The van der Waals surface area contributed by atoms with Crippen LogP contribution in [-0.4, -0.2) is 37.2 Å². The molecule has 6 heteroatoms. The van der Waals surface area contributed by atoms with Gasteiger partial charge in [0.15, 0.2) is 6.10 Å². The number of unbranched alkanes of at least 4 members (excludes halogenated alkanes) is 29. The maximum atomic E-state index is 12.7. The van der Waals surface area contributed by atoms with Gasteiger partial charge in [0.05, 0.1) is 0 Å². The second-order valence-corrected chi connectivity index (χ2v) is 16.4. The van der Waals surface area contributed by atoms with Crippen LogP contribution in [0.1, 0.15) is 258 Å². The molecule has 0 aromatic rings. The molecule has 0 spiro atoms. The average molecular weight is 789 g/mol. The van der Waals surface area contributed by atoms with Crippen LogP contribution in [0.15, 0.2) is 24.3 Å². The number of ether oxygens (including phenoxy) is 3.